The molecule has 0 unspecified atom stereocenters. The van der Waals surface area contributed by atoms with E-state index in [1.807, 2.05) is 6.07 Å². The Morgan fingerprint density at radius 1 is 0.986 bits per heavy atom. The van der Waals surface area contributed by atoms with Crippen LogP contribution in [0.15, 0.2) is 72.8 Å². The Balaban J connectivity index is 0.726. The van der Waals surface area contributed by atoms with Crippen LogP contribution in [0.25, 0.3) is 33.3 Å². The van der Waals surface area contributed by atoms with Crippen LogP contribution in [0, 0.1) is 11.8 Å². The third-order valence-electron chi connectivity index (χ3n) is 12.3. The molecule has 17 nitrogen and oxygen atoms in total. The molecule has 70 heavy (non-hydrogen) atoms. The van der Waals surface area contributed by atoms with Crippen molar-refractivity contribution in [1.82, 2.24) is 35.1 Å². The predicted molar refractivity (Wildman–Crippen MR) is 256 cm³/mol. The lowest BCUT2D eigenvalue weighted by molar-refractivity contribution is -0.140. The molecule has 3 aromatic heterocycles. The highest BCUT2D eigenvalue weighted by Gasteiger charge is 2.48. The minimum absolute atomic E-state index is 0.0715. The Bertz CT molecular complexity index is 2910. The first-order valence-electron chi connectivity index (χ1n) is 22.8. The smallest absolute Gasteiger partial charge is 0.406 e. The van der Waals surface area contributed by atoms with Gasteiger partial charge in [0, 0.05) is 28.2 Å². The summed E-state index contributed by atoms with van der Waals surface area (Å²) in [6.45, 7) is 1.26. The number of aromatic amines is 1. The van der Waals surface area contributed by atoms with Gasteiger partial charge < -0.3 is 64.5 Å². The molecule has 3 saturated heterocycles. The van der Waals surface area contributed by atoms with E-state index in [-0.39, 0.29) is 62.8 Å². The van der Waals surface area contributed by atoms with Gasteiger partial charge in [-0.15, -0.1) is 0 Å². The lowest BCUT2D eigenvalue weighted by atomic mass is 10.0. The van der Waals surface area contributed by atoms with Gasteiger partial charge in [0.2, 0.25) is 5.91 Å². The maximum atomic E-state index is 13.8. The lowest BCUT2D eigenvalue weighted by Gasteiger charge is -2.30. The third-order valence-corrected chi connectivity index (χ3v) is 12.6. The summed E-state index contributed by atoms with van der Waals surface area (Å²) in [5, 5.41) is 23.1. The number of fused-ring (bicyclic) bond motifs is 3. The van der Waals surface area contributed by atoms with Crippen molar-refractivity contribution in [2.75, 3.05) is 77.3 Å². The fraction of sp³-hybridized carbons (Fsp3) is 0.388. The molecule has 3 fully saturated rings. The number of amides is 2. The number of pyridine rings is 1. The largest absolute Gasteiger partial charge is 0.495 e. The number of ether oxygens (including phenoxy) is 5. The van der Waals surface area contributed by atoms with Gasteiger partial charge in [-0.1, -0.05) is 23.6 Å². The van der Waals surface area contributed by atoms with Gasteiger partial charge in [-0.2, -0.15) is 18.2 Å². The topological polar surface area (TPSA) is 198 Å². The summed E-state index contributed by atoms with van der Waals surface area (Å²) in [4.78, 5) is 40.0. The number of rotatable bonds is 16. The highest BCUT2D eigenvalue weighted by atomic mass is 35.5. The van der Waals surface area contributed by atoms with Crippen molar-refractivity contribution in [2.24, 2.45) is 0 Å². The first kappa shape index (κ1) is 48.3. The minimum atomic E-state index is -4.45. The summed E-state index contributed by atoms with van der Waals surface area (Å²) in [6.07, 6.45) is -4.53. The number of hydrogen-bond donors (Lipinski definition) is 6. The molecule has 21 heteroatoms. The highest BCUT2D eigenvalue weighted by molar-refractivity contribution is 6.33. The van der Waals surface area contributed by atoms with E-state index in [0.29, 0.717) is 50.0 Å². The number of nitrogens with zero attached hydrogens (tertiary/aromatic N) is 4. The van der Waals surface area contributed by atoms with E-state index in [9.17, 15) is 27.9 Å². The summed E-state index contributed by atoms with van der Waals surface area (Å²) in [5.74, 6) is 5.80. The maximum absolute atomic E-state index is 13.8. The zero-order chi connectivity index (χ0) is 48.9. The van der Waals surface area contributed by atoms with Crippen LogP contribution in [-0.4, -0.2) is 145 Å². The van der Waals surface area contributed by atoms with Gasteiger partial charge in [0.25, 0.3) is 11.9 Å². The molecule has 3 aliphatic rings. The van der Waals surface area contributed by atoms with Crippen molar-refractivity contribution in [3.8, 4) is 40.6 Å². The quantitative estimate of drug-likeness (QED) is 0.0518. The molecule has 4 atom stereocenters. The molecule has 2 amide bonds. The van der Waals surface area contributed by atoms with E-state index in [4.69, 9.17) is 35.3 Å². The summed E-state index contributed by atoms with van der Waals surface area (Å²) >= 11 is 6.61. The van der Waals surface area contributed by atoms with Crippen molar-refractivity contribution in [1.29, 1.82) is 0 Å². The molecule has 3 aromatic carbocycles. The maximum Gasteiger partial charge on any atom is 0.406 e. The molecule has 3 aliphatic heterocycles. The summed E-state index contributed by atoms with van der Waals surface area (Å²) in [7, 11) is 3.51. The number of likely N-dealkylation sites (tertiary alicyclic amines) is 1. The van der Waals surface area contributed by atoms with Crippen LogP contribution < -0.4 is 35.5 Å². The number of H-pyrrole nitrogens is 1. The number of piperidine rings is 1. The number of carbonyl (C=O) groups is 2. The van der Waals surface area contributed by atoms with Crippen LogP contribution in [0.4, 0.5) is 24.5 Å². The molecule has 0 spiro atoms. The van der Waals surface area contributed by atoms with Crippen molar-refractivity contribution < 1.29 is 51.6 Å². The Hall–Kier alpha value is -6.76. The molecule has 0 saturated carbocycles. The van der Waals surface area contributed by atoms with Gasteiger partial charge in [0.1, 0.15) is 43.0 Å². The Morgan fingerprint density at radius 3 is 2.57 bits per heavy atom. The first-order valence-corrected chi connectivity index (χ1v) is 23.1. The molecule has 0 radical (unpaired) electrons. The van der Waals surface area contributed by atoms with E-state index < -0.39 is 49.0 Å². The SMILES string of the molecule is COc1cc(C(=O)NCC(=O)NCCOc2ccc(-c3nc4nc(O[C@@H]5CO[C@H]6[C@@H]5OC[C@H]6O)[nH]c4cc3Cl)cc2)ccc1NCC#Cc1cc2c(NC3CCN(C)CC3)cccc2n1CC(F)(F)F. The van der Waals surface area contributed by atoms with Gasteiger partial charge in [0.05, 0.1) is 73.1 Å². The molecule has 368 valence electrons. The van der Waals surface area contributed by atoms with Crippen LogP contribution in [0.1, 0.15) is 28.9 Å². The summed E-state index contributed by atoms with van der Waals surface area (Å²) in [6, 6.07) is 21.0. The summed E-state index contributed by atoms with van der Waals surface area (Å²) < 4.78 is 71.1. The second-order valence-electron chi connectivity index (χ2n) is 17.2. The van der Waals surface area contributed by atoms with E-state index in [2.05, 4.69) is 60.0 Å². The number of aliphatic hydroxyl groups excluding tert-OH is 1. The highest BCUT2D eigenvalue weighted by Crippen LogP contribution is 2.34. The van der Waals surface area contributed by atoms with Gasteiger partial charge in [-0.25, -0.2) is 4.98 Å². The average molecular weight is 986 g/mol. The number of carbonyl (C=O) groups excluding carboxylic acids is 2. The van der Waals surface area contributed by atoms with E-state index >= 15 is 0 Å². The number of aromatic nitrogens is 4. The minimum Gasteiger partial charge on any atom is -0.495 e. The molecule has 6 heterocycles. The zero-order valence-corrected chi connectivity index (χ0v) is 39.0. The van der Waals surface area contributed by atoms with Crippen molar-refractivity contribution in [2.45, 2.75) is 56.0 Å². The fourth-order valence-corrected chi connectivity index (χ4v) is 8.99. The number of anilines is 2. The predicted octanol–water partition coefficient (Wildman–Crippen LogP) is 5.60. The van der Waals surface area contributed by atoms with Crippen molar-refractivity contribution in [3.05, 3.63) is 89.1 Å². The molecule has 6 N–H and O–H groups in total. The molecule has 6 aromatic rings. The standard InChI is InChI=1S/C49H51ClF3N9O8/c1-61-18-14-30(15-19-61)57-35-6-3-7-38-33(35)22-31(62(38)27-49(51,52)53)5-4-16-54-36-13-10-29(21-40(36)66-2)47(65)56-24-42(64)55-17-20-67-32-11-8-28(9-12-32)43-34(50)23-37-46(59-43)60-48(58-37)70-41-26-69-44-39(63)25-68-45(41)44/h3,6-13,21-23,30,39,41,44-45,54,57,63H,14-20,24-27H2,1-2H3,(H,55,64)(H,56,65)(H,58,59,60)/t39-,41-,44-,45-/m1/s1. The molecule has 0 aliphatic carbocycles. The van der Waals surface area contributed by atoms with Crippen molar-refractivity contribution in [3.63, 3.8) is 0 Å². The molecule has 0 bridgehead atoms. The third kappa shape index (κ3) is 11.3. The van der Waals surface area contributed by atoms with Crippen LogP contribution in [0.2, 0.25) is 5.02 Å². The second kappa shape index (κ2) is 21.1. The number of alkyl halides is 3. The Kier molecular flexibility index (Phi) is 14.5. The van der Waals surface area contributed by atoms with Crippen LogP contribution in [0.5, 0.6) is 17.5 Å². The van der Waals surface area contributed by atoms with Gasteiger partial charge in [-0.3, -0.25) is 9.59 Å². The number of benzene rings is 3. The summed E-state index contributed by atoms with van der Waals surface area (Å²) in [5.41, 5.74) is 4.41. The van der Waals surface area contributed by atoms with Gasteiger partial charge in [-0.05, 0) is 106 Å². The second-order valence-corrected chi connectivity index (χ2v) is 17.6. The van der Waals surface area contributed by atoms with Gasteiger partial charge in [0.15, 0.2) is 11.8 Å². The number of hydrogen-bond acceptors (Lipinski definition) is 13. The zero-order valence-electron chi connectivity index (χ0n) is 38.2. The van der Waals surface area contributed by atoms with Crippen LogP contribution in [0.3, 0.4) is 0 Å². The van der Waals surface area contributed by atoms with E-state index in [1.54, 1.807) is 60.7 Å². The normalized spacial score (nSPS) is 19.4. The van der Waals surface area contributed by atoms with Crippen molar-refractivity contribution >= 4 is 56.9 Å². The Labute approximate surface area is 405 Å². The lowest BCUT2D eigenvalue weighted by Crippen LogP contribution is -2.38. The Morgan fingerprint density at radius 2 is 1.79 bits per heavy atom. The van der Waals surface area contributed by atoms with Crippen LogP contribution >= 0.6 is 11.6 Å². The average Bonchev–Trinajstić information content (AvgIpc) is 4.13. The number of imidazole rings is 1. The molecular formula is C49H51ClF3N9O8. The number of methoxy groups -OCH3 is 1. The van der Waals surface area contributed by atoms with Gasteiger partial charge >= 0.3 is 6.18 Å². The monoisotopic (exact) mass is 985 g/mol. The van der Waals surface area contributed by atoms with E-state index in [0.717, 1.165) is 37.2 Å². The van der Waals surface area contributed by atoms with Crippen LogP contribution in [-0.2, 0) is 20.8 Å². The molecule has 9 rings (SSSR count). The van der Waals surface area contributed by atoms with E-state index in [1.165, 1.54) is 17.7 Å². The molecular weight excluding hydrogens is 935 g/mol. The number of halogens is 4. The number of nitrogens with one attached hydrogen (secondary N) is 5. The number of aliphatic hydroxyl groups is 1. The fourth-order valence-electron chi connectivity index (χ4n) is 8.72. The first-order chi connectivity index (χ1) is 33.8.